The van der Waals surface area contributed by atoms with Gasteiger partial charge >= 0.3 is 0 Å². The third-order valence-corrected chi connectivity index (χ3v) is 3.89. The van der Waals surface area contributed by atoms with Crippen LogP contribution in [0.1, 0.15) is 35.3 Å². The lowest BCUT2D eigenvalue weighted by atomic mass is 10.0. The molecule has 0 heterocycles. The summed E-state index contributed by atoms with van der Waals surface area (Å²) in [4.78, 5) is 12.4. The van der Waals surface area contributed by atoms with Crippen molar-refractivity contribution < 1.29 is 9.53 Å². The molecule has 2 nitrogen and oxygen atoms in total. The van der Waals surface area contributed by atoms with Gasteiger partial charge in [-0.25, -0.2) is 0 Å². The van der Waals surface area contributed by atoms with Crippen LogP contribution in [0.15, 0.2) is 54.6 Å². The Bertz CT molecular complexity index is 756. The zero-order chi connectivity index (χ0) is 16.8. The van der Waals surface area contributed by atoms with Crippen molar-refractivity contribution in [3.63, 3.8) is 0 Å². The van der Waals surface area contributed by atoms with Crippen LogP contribution in [-0.2, 0) is 0 Å². The largest absolute Gasteiger partial charge is 0.496 e. The van der Waals surface area contributed by atoms with Gasteiger partial charge in [0.2, 0.25) is 0 Å². The molecular formula is C20H19ClO2. The molecule has 0 N–H and O–H groups in total. The minimum atomic E-state index is -0.0484. The quantitative estimate of drug-likeness (QED) is 0.523. The fourth-order valence-corrected chi connectivity index (χ4v) is 2.29. The first-order valence-electron chi connectivity index (χ1n) is 7.34. The molecule has 0 bridgehead atoms. The molecule has 0 unspecified atom stereocenters. The second-order valence-electron chi connectivity index (χ2n) is 5.14. The zero-order valence-corrected chi connectivity index (χ0v) is 14.2. The van der Waals surface area contributed by atoms with Crippen molar-refractivity contribution in [2.45, 2.75) is 13.8 Å². The van der Waals surface area contributed by atoms with Gasteiger partial charge in [-0.2, -0.15) is 0 Å². The average molecular weight is 327 g/mol. The van der Waals surface area contributed by atoms with Crippen LogP contribution in [0, 0.1) is 0 Å². The Balaban J connectivity index is 2.27. The van der Waals surface area contributed by atoms with E-state index in [-0.39, 0.29) is 5.78 Å². The van der Waals surface area contributed by atoms with Gasteiger partial charge < -0.3 is 4.74 Å². The van der Waals surface area contributed by atoms with Gasteiger partial charge in [-0.3, -0.25) is 4.79 Å². The van der Waals surface area contributed by atoms with Crippen LogP contribution in [0.2, 0.25) is 5.02 Å². The topological polar surface area (TPSA) is 26.3 Å². The van der Waals surface area contributed by atoms with E-state index in [1.165, 1.54) is 0 Å². The smallest absolute Gasteiger partial charge is 0.185 e. The molecule has 0 saturated carbocycles. The Kier molecular flexibility index (Phi) is 5.78. The van der Waals surface area contributed by atoms with E-state index in [0.717, 1.165) is 22.4 Å². The monoisotopic (exact) mass is 326 g/mol. The summed E-state index contributed by atoms with van der Waals surface area (Å²) >= 11 is 5.85. The molecule has 23 heavy (non-hydrogen) atoms. The average Bonchev–Trinajstić information content (AvgIpc) is 2.59. The molecule has 0 fully saturated rings. The summed E-state index contributed by atoms with van der Waals surface area (Å²) in [6.45, 7) is 3.96. The van der Waals surface area contributed by atoms with Crippen LogP contribution in [-0.4, -0.2) is 12.9 Å². The van der Waals surface area contributed by atoms with Crippen LogP contribution in [0.4, 0.5) is 0 Å². The summed E-state index contributed by atoms with van der Waals surface area (Å²) in [5.74, 6) is 0.714. The number of ketones is 1. The Morgan fingerprint density at radius 2 is 1.83 bits per heavy atom. The first-order chi connectivity index (χ1) is 11.0. The van der Waals surface area contributed by atoms with Crippen LogP contribution >= 0.6 is 11.6 Å². The van der Waals surface area contributed by atoms with E-state index in [1.54, 1.807) is 37.5 Å². The molecule has 3 heteroatoms. The molecular weight excluding hydrogens is 308 g/mol. The van der Waals surface area contributed by atoms with Crippen molar-refractivity contribution in [3.8, 4) is 5.75 Å². The van der Waals surface area contributed by atoms with E-state index in [1.807, 2.05) is 44.2 Å². The number of rotatable bonds is 5. The summed E-state index contributed by atoms with van der Waals surface area (Å²) in [6.07, 6.45) is 5.35. The van der Waals surface area contributed by atoms with Crippen molar-refractivity contribution in [2.24, 2.45) is 0 Å². The molecule has 0 amide bonds. The highest BCUT2D eigenvalue weighted by Crippen LogP contribution is 2.27. The second kappa shape index (κ2) is 7.80. The van der Waals surface area contributed by atoms with E-state index >= 15 is 0 Å². The fourth-order valence-electron chi connectivity index (χ4n) is 2.17. The molecule has 0 aliphatic heterocycles. The third-order valence-electron chi connectivity index (χ3n) is 3.64. The van der Waals surface area contributed by atoms with Crippen LogP contribution < -0.4 is 4.74 Å². The third kappa shape index (κ3) is 4.33. The minimum Gasteiger partial charge on any atom is -0.496 e. The number of benzene rings is 2. The van der Waals surface area contributed by atoms with Gasteiger partial charge in [0, 0.05) is 16.1 Å². The Hall–Kier alpha value is -2.32. The number of ether oxygens (including phenoxy) is 1. The Morgan fingerprint density at radius 1 is 1.13 bits per heavy atom. The van der Waals surface area contributed by atoms with Crippen molar-refractivity contribution >= 4 is 29.0 Å². The number of allylic oxidation sites excluding steroid dienone is 3. The molecule has 0 saturated heterocycles. The minimum absolute atomic E-state index is 0.0484. The Labute approximate surface area is 142 Å². The number of methoxy groups -OCH3 is 1. The summed E-state index contributed by atoms with van der Waals surface area (Å²) in [7, 11) is 1.63. The van der Waals surface area contributed by atoms with Crippen LogP contribution in [0.5, 0.6) is 5.75 Å². The van der Waals surface area contributed by atoms with Gasteiger partial charge in [0.25, 0.3) is 0 Å². The molecule has 2 aromatic rings. The molecule has 0 aliphatic rings. The van der Waals surface area contributed by atoms with E-state index in [2.05, 4.69) is 0 Å². The van der Waals surface area contributed by atoms with E-state index in [9.17, 15) is 4.79 Å². The SMILES string of the molecule is CC=C(C)c1cc(C(=O)C=Cc2ccc(Cl)cc2)ccc1OC. The number of carbonyl (C=O) groups excluding carboxylic acids is 1. The van der Waals surface area contributed by atoms with Crippen molar-refractivity contribution in [2.75, 3.05) is 7.11 Å². The molecule has 0 radical (unpaired) electrons. The number of carbonyl (C=O) groups is 1. The van der Waals surface area contributed by atoms with Gasteiger partial charge in [-0.05, 0) is 61.4 Å². The summed E-state index contributed by atoms with van der Waals surface area (Å²) < 4.78 is 5.36. The van der Waals surface area contributed by atoms with E-state index in [0.29, 0.717) is 10.6 Å². The summed E-state index contributed by atoms with van der Waals surface area (Å²) in [6, 6.07) is 12.8. The van der Waals surface area contributed by atoms with Gasteiger partial charge in [0.1, 0.15) is 5.75 Å². The van der Waals surface area contributed by atoms with E-state index < -0.39 is 0 Å². The number of halogens is 1. The highest BCUT2D eigenvalue weighted by molar-refractivity contribution is 6.30. The Morgan fingerprint density at radius 3 is 2.43 bits per heavy atom. The predicted octanol–water partition coefficient (Wildman–Crippen LogP) is 5.67. The summed E-state index contributed by atoms with van der Waals surface area (Å²) in [5.41, 5.74) is 3.56. The van der Waals surface area contributed by atoms with Crippen molar-refractivity contribution in [1.29, 1.82) is 0 Å². The molecule has 2 rings (SSSR count). The molecule has 118 valence electrons. The molecule has 0 spiro atoms. The molecule has 0 aromatic heterocycles. The van der Waals surface area contributed by atoms with E-state index in [4.69, 9.17) is 16.3 Å². The lowest BCUT2D eigenvalue weighted by molar-refractivity contribution is 0.104. The molecule has 0 atom stereocenters. The number of hydrogen-bond donors (Lipinski definition) is 0. The standard InChI is InChI=1S/C20H19ClO2/c1-4-14(2)18-13-16(8-12-20(18)23-3)19(22)11-7-15-5-9-17(21)10-6-15/h4-13H,1-3H3. The highest BCUT2D eigenvalue weighted by Gasteiger charge is 2.09. The maximum absolute atomic E-state index is 12.4. The maximum Gasteiger partial charge on any atom is 0.185 e. The maximum atomic E-state index is 12.4. The first kappa shape index (κ1) is 17.0. The first-order valence-corrected chi connectivity index (χ1v) is 7.72. The van der Waals surface area contributed by atoms with Crippen LogP contribution in [0.25, 0.3) is 11.6 Å². The molecule has 2 aromatic carbocycles. The molecule has 0 aliphatic carbocycles. The van der Waals surface area contributed by atoms with Gasteiger partial charge in [-0.1, -0.05) is 35.9 Å². The summed E-state index contributed by atoms with van der Waals surface area (Å²) in [5, 5.41) is 0.676. The highest BCUT2D eigenvalue weighted by atomic mass is 35.5. The lowest BCUT2D eigenvalue weighted by Gasteiger charge is -2.10. The van der Waals surface area contributed by atoms with Gasteiger partial charge in [-0.15, -0.1) is 0 Å². The van der Waals surface area contributed by atoms with Gasteiger partial charge in [0.05, 0.1) is 7.11 Å². The fraction of sp³-hybridized carbons (Fsp3) is 0.150. The second-order valence-corrected chi connectivity index (χ2v) is 5.57. The predicted molar refractivity (Wildman–Crippen MR) is 97.1 cm³/mol. The van der Waals surface area contributed by atoms with Crippen LogP contribution in [0.3, 0.4) is 0 Å². The normalized spacial score (nSPS) is 11.7. The van der Waals surface area contributed by atoms with Crippen molar-refractivity contribution in [1.82, 2.24) is 0 Å². The van der Waals surface area contributed by atoms with Gasteiger partial charge in [0.15, 0.2) is 5.78 Å². The number of hydrogen-bond acceptors (Lipinski definition) is 2. The lowest BCUT2D eigenvalue weighted by Crippen LogP contribution is -1.98. The van der Waals surface area contributed by atoms with Crippen molar-refractivity contribution in [3.05, 3.63) is 76.3 Å². The zero-order valence-electron chi connectivity index (χ0n) is 13.5.